The van der Waals surface area contributed by atoms with Crippen molar-refractivity contribution < 1.29 is 5.11 Å². The Morgan fingerprint density at radius 3 is 2.12 bits per heavy atom. The minimum absolute atomic E-state index is 0.00782. The standard InChI is InChI=1S/C13H30N2O/c1-7-10(2)8-15(6)11(9-16)12(14)13(3,4)5/h10-12,16H,7-9,14H2,1-6H3. The summed E-state index contributed by atoms with van der Waals surface area (Å²) >= 11 is 0. The van der Waals surface area contributed by atoms with Crippen LogP contribution in [0.25, 0.3) is 0 Å². The van der Waals surface area contributed by atoms with E-state index in [1.807, 2.05) is 0 Å². The Bertz CT molecular complexity index is 189. The van der Waals surface area contributed by atoms with Gasteiger partial charge in [-0.15, -0.1) is 0 Å². The van der Waals surface area contributed by atoms with E-state index in [1.165, 1.54) is 0 Å². The fourth-order valence-corrected chi connectivity index (χ4v) is 1.86. The largest absolute Gasteiger partial charge is 0.395 e. The molecule has 0 bridgehead atoms. The molecule has 0 aliphatic carbocycles. The van der Waals surface area contributed by atoms with Gasteiger partial charge in [-0.1, -0.05) is 41.0 Å². The molecular weight excluding hydrogens is 200 g/mol. The molecule has 0 aromatic carbocycles. The number of aliphatic hydroxyl groups excluding tert-OH is 1. The van der Waals surface area contributed by atoms with E-state index in [-0.39, 0.29) is 24.1 Å². The summed E-state index contributed by atoms with van der Waals surface area (Å²) in [5.41, 5.74) is 6.25. The molecule has 0 aromatic rings. The molecule has 0 aliphatic rings. The van der Waals surface area contributed by atoms with Crippen molar-refractivity contribution in [2.45, 2.75) is 53.1 Å². The first kappa shape index (κ1) is 15.9. The SMILES string of the molecule is CCC(C)CN(C)C(CO)C(N)C(C)(C)C. The lowest BCUT2D eigenvalue weighted by atomic mass is 9.82. The summed E-state index contributed by atoms with van der Waals surface area (Å²) in [4.78, 5) is 2.20. The molecule has 3 N–H and O–H groups in total. The molecule has 16 heavy (non-hydrogen) atoms. The lowest BCUT2D eigenvalue weighted by Crippen LogP contribution is -2.55. The van der Waals surface area contributed by atoms with Gasteiger partial charge in [0.15, 0.2) is 0 Å². The van der Waals surface area contributed by atoms with Crippen LogP contribution >= 0.6 is 0 Å². The summed E-state index contributed by atoms with van der Waals surface area (Å²) in [6, 6.07) is 0.0422. The molecule has 0 rings (SSSR count). The van der Waals surface area contributed by atoms with Crippen LogP contribution in [-0.2, 0) is 0 Å². The highest BCUT2D eigenvalue weighted by molar-refractivity contribution is 4.89. The molecule has 3 atom stereocenters. The molecule has 0 fully saturated rings. The zero-order valence-corrected chi connectivity index (χ0v) is 11.8. The van der Waals surface area contributed by atoms with E-state index in [2.05, 4.69) is 46.6 Å². The summed E-state index contributed by atoms with van der Waals surface area (Å²) < 4.78 is 0. The Labute approximate surface area is 101 Å². The highest BCUT2D eigenvalue weighted by Gasteiger charge is 2.31. The summed E-state index contributed by atoms with van der Waals surface area (Å²) in [6.45, 7) is 11.9. The van der Waals surface area contributed by atoms with Crippen LogP contribution in [0, 0.1) is 11.3 Å². The molecule has 0 heterocycles. The van der Waals surface area contributed by atoms with Crippen LogP contribution in [-0.4, -0.2) is 42.3 Å². The molecule has 0 spiro atoms. The van der Waals surface area contributed by atoms with Crippen molar-refractivity contribution in [3.05, 3.63) is 0 Å². The van der Waals surface area contributed by atoms with Gasteiger partial charge < -0.3 is 10.8 Å². The van der Waals surface area contributed by atoms with E-state index in [4.69, 9.17) is 5.73 Å². The smallest absolute Gasteiger partial charge is 0.0602 e. The van der Waals surface area contributed by atoms with E-state index in [1.54, 1.807) is 0 Å². The van der Waals surface area contributed by atoms with Crippen molar-refractivity contribution in [1.82, 2.24) is 4.90 Å². The fraction of sp³-hybridized carbons (Fsp3) is 1.00. The van der Waals surface area contributed by atoms with E-state index >= 15 is 0 Å². The Morgan fingerprint density at radius 2 is 1.81 bits per heavy atom. The Morgan fingerprint density at radius 1 is 1.31 bits per heavy atom. The van der Waals surface area contributed by atoms with Gasteiger partial charge >= 0.3 is 0 Å². The third-order valence-electron chi connectivity index (χ3n) is 3.46. The zero-order chi connectivity index (χ0) is 12.9. The minimum Gasteiger partial charge on any atom is -0.395 e. The molecule has 3 nitrogen and oxygen atoms in total. The van der Waals surface area contributed by atoms with E-state index in [0.717, 1.165) is 13.0 Å². The number of aliphatic hydroxyl groups is 1. The number of hydrogen-bond acceptors (Lipinski definition) is 3. The van der Waals surface area contributed by atoms with Crippen molar-refractivity contribution in [1.29, 1.82) is 0 Å². The first-order chi connectivity index (χ1) is 7.23. The van der Waals surface area contributed by atoms with E-state index in [9.17, 15) is 5.11 Å². The maximum Gasteiger partial charge on any atom is 0.0602 e. The number of rotatable bonds is 6. The van der Waals surface area contributed by atoms with Crippen molar-refractivity contribution in [3.63, 3.8) is 0 Å². The first-order valence-corrected chi connectivity index (χ1v) is 6.30. The minimum atomic E-state index is -0.00782. The lowest BCUT2D eigenvalue weighted by molar-refractivity contribution is 0.0795. The summed E-state index contributed by atoms with van der Waals surface area (Å²) in [5, 5.41) is 9.49. The number of nitrogens with two attached hydrogens (primary N) is 1. The normalized spacial score (nSPS) is 18.6. The van der Waals surface area contributed by atoms with Crippen LogP contribution in [0.4, 0.5) is 0 Å². The molecule has 0 saturated heterocycles. The Kier molecular flexibility index (Phi) is 6.53. The Balaban J connectivity index is 4.48. The number of nitrogens with zero attached hydrogens (tertiary/aromatic N) is 1. The third-order valence-corrected chi connectivity index (χ3v) is 3.46. The van der Waals surface area contributed by atoms with Crippen LogP contribution in [0.2, 0.25) is 0 Å². The van der Waals surface area contributed by atoms with Gasteiger partial charge in [0.2, 0.25) is 0 Å². The second-order valence-electron chi connectivity index (χ2n) is 6.09. The van der Waals surface area contributed by atoms with Gasteiger partial charge in [-0.25, -0.2) is 0 Å². The Hall–Kier alpha value is -0.120. The maximum atomic E-state index is 9.49. The van der Waals surface area contributed by atoms with E-state index in [0.29, 0.717) is 5.92 Å². The van der Waals surface area contributed by atoms with Gasteiger partial charge in [0.1, 0.15) is 0 Å². The monoisotopic (exact) mass is 230 g/mol. The van der Waals surface area contributed by atoms with Crippen LogP contribution in [0.1, 0.15) is 41.0 Å². The summed E-state index contributed by atoms with van der Waals surface area (Å²) in [5.74, 6) is 0.645. The van der Waals surface area contributed by atoms with Gasteiger partial charge in [0.05, 0.1) is 6.61 Å². The third kappa shape index (κ3) is 4.81. The van der Waals surface area contributed by atoms with Crippen LogP contribution < -0.4 is 5.73 Å². The van der Waals surface area contributed by atoms with Crippen LogP contribution in [0.15, 0.2) is 0 Å². The predicted octanol–water partition coefficient (Wildman–Crippen LogP) is 1.70. The molecule has 0 aromatic heterocycles. The molecule has 3 heteroatoms. The molecule has 0 aliphatic heterocycles. The van der Waals surface area contributed by atoms with Crippen LogP contribution in [0.5, 0.6) is 0 Å². The van der Waals surface area contributed by atoms with Crippen molar-refractivity contribution in [3.8, 4) is 0 Å². The van der Waals surface area contributed by atoms with Gasteiger partial charge in [0, 0.05) is 18.6 Å². The number of hydrogen-bond donors (Lipinski definition) is 2. The second kappa shape index (κ2) is 6.58. The van der Waals surface area contributed by atoms with E-state index < -0.39 is 0 Å². The van der Waals surface area contributed by atoms with Gasteiger partial charge in [-0.2, -0.15) is 0 Å². The molecular formula is C13H30N2O. The quantitative estimate of drug-likeness (QED) is 0.730. The van der Waals surface area contributed by atoms with Crippen molar-refractivity contribution >= 4 is 0 Å². The fourth-order valence-electron chi connectivity index (χ4n) is 1.86. The topological polar surface area (TPSA) is 49.5 Å². The first-order valence-electron chi connectivity index (χ1n) is 6.30. The average molecular weight is 230 g/mol. The van der Waals surface area contributed by atoms with Crippen molar-refractivity contribution in [2.75, 3.05) is 20.2 Å². The van der Waals surface area contributed by atoms with Gasteiger partial charge in [0.25, 0.3) is 0 Å². The van der Waals surface area contributed by atoms with Crippen LogP contribution in [0.3, 0.4) is 0 Å². The predicted molar refractivity (Wildman–Crippen MR) is 70.4 cm³/mol. The maximum absolute atomic E-state index is 9.49. The van der Waals surface area contributed by atoms with Crippen molar-refractivity contribution in [2.24, 2.45) is 17.1 Å². The highest BCUT2D eigenvalue weighted by atomic mass is 16.3. The summed E-state index contributed by atoms with van der Waals surface area (Å²) in [7, 11) is 2.05. The highest BCUT2D eigenvalue weighted by Crippen LogP contribution is 2.22. The molecule has 3 unspecified atom stereocenters. The summed E-state index contributed by atoms with van der Waals surface area (Å²) in [6.07, 6.45) is 1.16. The lowest BCUT2D eigenvalue weighted by Gasteiger charge is -2.39. The molecule has 0 radical (unpaired) electrons. The van der Waals surface area contributed by atoms with Gasteiger partial charge in [-0.3, -0.25) is 4.90 Å². The molecule has 98 valence electrons. The average Bonchev–Trinajstić information content (AvgIpc) is 2.17. The molecule has 0 amide bonds. The second-order valence-corrected chi connectivity index (χ2v) is 6.09. The zero-order valence-electron chi connectivity index (χ0n) is 11.8. The number of likely N-dealkylation sites (N-methyl/N-ethyl adjacent to an activating group) is 1. The van der Waals surface area contributed by atoms with Gasteiger partial charge in [-0.05, 0) is 18.4 Å². The molecule has 0 saturated carbocycles.